The standard InChI is InChI=1S/C15H24N2O2S2/c1-11-15(21-10-9-20-11)14(17-16)12-5-3-4-6-13(12)19-8-7-18-2/h3-6,11,14-15,17H,7-10,16H2,1-2H3. The van der Waals surface area contributed by atoms with Crippen molar-refractivity contribution in [1.29, 1.82) is 0 Å². The van der Waals surface area contributed by atoms with Gasteiger partial charge in [0.15, 0.2) is 0 Å². The lowest BCUT2D eigenvalue weighted by molar-refractivity contribution is 0.145. The van der Waals surface area contributed by atoms with Crippen LogP contribution in [0.3, 0.4) is 0 Å². The van der Waals surface area contributed by atoms with E-state index in [9.17, 15) is 0 Å². The van der Waals surface area contributed by atoms with E-state index >= 15 is 0 Å². The largest absolute Gasteiger partial charge is 0.491 e. The number of hydrogen-bond acceptors (Lipinski definition) is 6. The molecule has 0 radical (unpaired) electrons. The van der Waals surface area contributed by atoms with Crippen LogP contribution in [0, 0.1) is 0 Å². The van der Waals surface area contributed by atoms with Crippen LogP contribution in [0.15, 0.2) is 24.3 Å². The summed E-state index contributed by atoms with van der Waals surface area (Å²) in [7, 11) is 1.68. The predicted octanol–water partition coefficient (Wildman–Crippen LogP) is 2.45. The van der Waals surface area contributed by atoms with Crippen LogP contribution in [0.1, 0.15) is 18.5 Å². The minimum Gasteiger partial charge on any atom is -0.491 e. The summed E-state index contributed by atoms with van der Waals surface area (Å²) in [4.78, 5) is 0. The summed E-state index contributed by atoms with van der Waals surface area (Å²) in [6.45, 7) is 3.41. The molecule has 1 saturated heterocycles. The SMILES string of the molecule is COCCOc1ccccc1C(NN)C1SCCSC1C. The average molecular weight is 329 g/mol. The van der Waals surface area contributed by atoms with Crippen LogP contribution in [-0.2, 0) is 4.74 Å². The van der Waals surface area contributed by atoms with Gasteiger partial charge in [-0.2, -0.15) is 23.5 Å². The van der Waals surface area contributed by atoms with Crippen molar-refractivity contribution in [2.24, 2.45) is 5.84 Å². The summed E-state index contributed by atoms with van der Waals surface area (Å²) in [5, 5.41) is 1.01. The zero-order chi connectivity index (χ0) is 15.1. The van der Waals surface area contributed by atoms with E-state index in [1.54, 1.807) is 7.11 Å². The molecule has 0 saturated carbocycles. The van der Waals surface area contributed by atoms with E-state index in [4.69, 9.17) is 15.3 Å². The summed E-state index contributed by atoms with van der Waals surface area (Å²) in [5.41, 5.74) is 4.13. The first-order chi connectivity index (χ1) is 10.3. The molecule has 4 nitrogen and oxygen atoms in total. The first-order valence-electron chi connectivity index (χ1n) is 7.18. The molecule has 0 bridgehead atoms. The lowest BCUT2D eigenvalue weighted by Crippen LogP contribution is -2.41. The number of thioether (sulfide) groups is 2. The maximum atomic E-state index is 5.87. The van der Waals surface area contributed by atoms with Crippen LogP contribution in [0.4, 0.5) is 0 Å². The highest BCUT2D eigenvalue weighted by Gasteiger charge is 2.32. The molecule has 6 heteroatoms. The van der Waals surface area contributed by atoms with Crippen molar-refractivity contribution < 1.29 is 9.47 Å². The van der Waals surface area contributed by atoms with Gasteiger partial charge in [0, 0.05) is 34.7 Å². The Bertz CT molecular complexity index is 434. The van der Waals surface area contributed by atoms with Crippen molar-refractivity contribution in [1.82, 2.24) is 5.43 Å². The Kier molecular flexibility index (Phi) is 7.19. The van der Waals surface area contributed by atoms with E-state index in [0.29, 0.717) is 23.7 Å². The Balaban J connectivity index is 2.16. The Morgan fingerprint density at radius 1 is 1.29 bits per heavy atom. The van der Waals surface area contributed by atoms with Crippen LogP contribution in [-0.4, -0.2) is 42.3 Å². The highest BCUT2D eigenvalue weighted by Crippen LogP contribution is 2.40. The molecule has 0 aromatic heterocycles. The number of methoxy groups -OCH3 is 1. The second-order valence-electron chi connectivity index (χ2n) is 4.93. The fourth-order valence-electron chi connectivity index (χ4n) is 2.48. The van der Waals surface area contributed by atoms with E-state index in [-0.39, 0.29) is 6.04 Å². The number of hydrazine groups is 1. The number of benzene rings is 1. The van der Waals surface area contributed by atoms with Crippen LogP contribution in [0.5, 0.6) is 5.75 Å². The van der Waals surface area contributed by atoms with Crippen LogP contribution in [0.2, 0.25) is 0 Å². The number of rotatable bonds is 7. The molecule has 3 unspecified atom stereocenters. The molecule has 1 fully saturated rings. The zero-order valence-electron chi connectivity index (χ0n) is 12.6. The molecule has 1 aliphatic heterocycles. The lowest BCUT2D eigenvalue weighted by atomic mass is 10.0. The average Bonchev–Trinajstić information content (AvgIpc) is 2.51. The molecule has 1 aromatic carbocycles. The molecule has 0 aliphatic carbocycles. The topological polar surface area (TPSA) is 56.5 Å². The summed E-state index contributed by atoms with van der Waals surface area (Å²) >= 11 is 4.01. The third-order valence-electron chi connectivity index (χ3n) is 3.54. The minimum atomic E-state index is 0.0940. The quantitative estimate of drug-likeness (QED) is 0.455. The normalized spacial score (nSPS) is 23.8. The Morgan fingerprint density at radius 2 is 2.05 bits per heavy atom. The molecule has 21 heavy (non-hydrogen) atoms. The Hall–Kier alpha value is -0.400. The van der Waals surface area contributed by atoms with E-state index in [0.717, 1.165) is 11.3 Å². The minimum absolute atomic E-state index is 0.0940. The van der Waals surface area contributed by atoms with Gasteiger partial charge in [-0.3, -0.25) is 11.3 Å². The molecular weight excluding hydrogens is 304 g/mol. The van der Waals surface area contributed by atoms with Crippen molar-refractivity contribution in [3.8, 4) is 5.75 Å². The zero-order valence-corrected chi connectivity index (χ0v) is 14.2. The predicted molar refractivity (Wildman–Crippen MR) is 92.0 cm³/mol. The van der Waals surface area contributed by atoms with Gasteiger partial charge in [-0.05, 0) is 6.07 Å². The smallest absolute Gasteiger partial charge is 0.124 e. The van der Waals surface area contributed by atoms with Crippen LogP contribution < -0.4 is 16.0 Å². The van der Waals surface area contributed by atoms with Gasteiger partial charge in [-0.15, -0.1) is 0 Å². The first kappa shape index (κ1) is 17.0. The molecular formula is C15H24N2O2S2. The Morgan fingerprint density at radius 3 is 2.76 bits per heavy atom. The van der Waals surface area contributed by atoms with Crippen molar-refractivity contribution in [3.63, 3.8) is 0 Å². The number of nitrogens with one attached hydrogen (secondary N) is 1. The van der Waals surface area contributed by atoms with Gasteiger partial charge in [0.05, 0.1) is 12.6 Å². The van der Waals surface area contributed by atoms with E-state index in [1.807, 2.05) is 41.7 Å². The van der Waals surface area contributed by atoms with Gasteiger partial charge in [0.2, 0.25) is 0 Å². The summed E-state index contributed by atoms with van der Waals surface area (Å²) in [6.07, 6.45) is 0. The molecule has 1 heterocycles. The second kappa shape index (κ2) is 8.90. The van der Waals surface area contributed by atoms with E-state index < -0.39 is 0 Å². The number of hydrogen-bond donors (Lipinski definition) is 2. The summed E-state index contributed by atoms with van der Waals surface area (Å²) in [5.74, 6) is 9.14. The van der Waals surface area contributed by atoms with Crippen molar-refractivity contribution in [2.75, 3.05) is 31.8 Å². The number of nitrogens with two attached hydrogens (primary N) is 1. The van der Waals surface area contributed by atoms with E-state index in [2.05, 4.69) is 18.4 Å². The van der Waals surface area contributed by atoms with Gasteiger partial charge in [-0.1, -0.05) is 25.1 Å². The summed E-state index contributed by atoms with van der Waals surface area (Å²) < 4.78 is 10.9. The fraction of sp³-hybridized carbons (Fsp3) is 0.600. The number of ether oxygens (including phenoxy) is 2. The van der Waals surface area contributed by atoms with Crippen LogP contribution in [0.25, 0.3) is 0 Å². The maximum absolute atomic E-state index is 5.87. The Labute approximate surface area is 135 Å². The number of para-hydroxylation sites is 1. The van der Waals surface area contributed by atoms with E-state index in [1.165, 1.54) is 11.5 Å². The van der Waals surface area contributed by atoms with Crippen molar-refractivity contribution in [3.05, 3.63) is 29.8 Å². The van der Waals surface area contributed by atoms with Crippen molar-refractivity contribution >= 4 is 23.5 Å². The van der Waals surface area contributed by atoms with Gasteiger partial charge in [0.25, 0.3) is 0 Å². The molecule has 0 spiro atoms. The van der Waals surface area contributed by atoms with Gasteiger partial charge in [-0.25, -0.2) is 0 Å². The molecule has 1 aromatic rings. The molecule has 2 rings (SSSR count). The van der Waals surface area contributed by atoms with Crippen molar-refractivity contribution in [2.45, 2.75) is 23.5 Å². The van der Waals surface area contributed by atoms with Gasteiger partial charge >= 0.3 is 0 Å². The third kappa shape index (κ3) is 4.53. The molecule has 118 valence electrons. The monoisotopic (exact) mass is 328 g/mol. The second-order valence-corrected chi connectivity index (χ2v) is 7.71. The lowest BCUT2D eigenvalue weighted by Gasteiger charge is -2.34. The first-order valence-corrected chi connectivity index (χ1v) is 9.27. The fourth-order valence-corrected chi connectivity index (χ4v) is 5.40. The summed E-state index contributed by atoms with van der Waals surface area (Å²) in [6, 6.07) is 8.22. The molecule has 0 amide bonds. The van der Waals surface area contributed by atoms with Crippen LogP contribution >= 0.6 is 23.5 Å². The third-order valence-corrected chi connectivity index (χ3v) is 6.74. The highest BCUT2D eigenvalue weighted by atomic mass is 32.2. The molecule has 3 atom stereocenters. The maximum Gasteiger partial charge on any atom is 0.124 e. The molecule has 3 N–H and O–H groups in total. The van der Waals surface area contributed by atoms with Gasteiger partial charge < -0.3 is 9.47 Å². The van der Waals surface area contributed by atoms with Gasteiger partial charge in [0.1, 0.15) is 12.4 Å². The molecule has 1 aliphatic rings. The highest BCUT2D eigenvalue weighted by molar-refractivity contribution is 8.07.